The third kappa shape index (κ3) is 3.93. The first-order chi connectivity index (χ1) is 14.4. The fraction of sp³-hybridized carbons (Fsp3) is 0.381. The lowest BCUT2D eigenvalue weighted by molar-refractivity contribution is 0.0605. The highest BCUT2D eigenvalue weighted by molar-refractivity contribution is 8.00. The molecule has 0 atom stereocenters. The number of hydrogen-bond acceptors (Lipinski definition) is 5. The van der Waals surface area contributed by atoms with Crippen LogP contribution in [0.15, 0.2) is 53.4 Å². The quantitative estimate of drug-likeness (QED) is 0.687. The summed E-state index contributed by atoms with van der Waals surface area (Å²) in [5.41, 5.74) is 0.619. The van der Waals surface area contributed by atoms with Gasteiger partial charge in [0.1, 0.15) is 5.75 Å². The summed E-state index contributed by atoms with van der Waals surface area (Å²) in [6.45, 7) is 1.42. The highest BCUT2D eigenvalue weighted by atomic mass is 35.5. The zero-order chi connectivity index (χ0) is 21.4. The van der Waals surface area contributed by atoms with Gasteiger partial charge in [0.15, 0.2) is 0 Å². The molecule has 2 fully saturated rings. The molecule has 0 saturated carbocycles. The molecular weight excluding hydrogens is 444 g/mol. The predicted octanol–water partition coefficient (Wildman–Crippen LogP) is 3.72. The summed E-state index contributed by atoms with van der Waals surface area (Å²) >= 11 is 7.64. The van der Waals surface area contributed by atoms with E-state index >= 15 is 0 Å². The van der Waals surface area contributed by atoms with Crippen molar-refractivity contribution in [3.8, 4) is 5.75 Å². The summed E-state index contributed by atoms with van der Waals surface area (Å²) in [5.74, 6) is 1.54. The molecular formula is C21H23ClN2O4S2. The molecule has 2 saturated heterocycles. The highest BCUT2D eigenvalue weighted by Crippen LogP contribution is 2.45. The number of methoxy groups -OCH3 is 1. The fourth-order valence-corrected chi connectivity index (χ4v) is 7.05. The molecule has 0 unspecified atom stereocenters. The maximum Gasteiger partial charge on any atom is 0.255 e. The molecule has 0 N–H and O–H groups in total. The second kappa shape index (κ2) is 8.42. The van der Waals surface area contributed by atoms with Crippen molar-refractivity contribution in [2.24, 2.45) is 0 Å². The molecule has 160 valence electrons. The number of amides is 1. The molecule has 2 aromatic carbocycles. The molecule has 1 amide bonds. The molecule has 6 nitrogen and oxygen atoms in total. The van der Waals surface area contributed by atoms with Crippen molar-refractivity contribution in [1.82, 2.24) is 9.21 Å². The van der Waals surface area contributed by atoms with Crippen LogP contribution in [0.25, 0.3) is 0 Å². The van der Waals surface area contributed by atoms with Gasteiger partial charge in [-0.05, 0) is 61.4 Å². The number of piperidine rings is 1. The third-order valence-electron chi connectivity index (χ3n) is 5.71. The average Bonchev–Trinajstić information content (AvgIpc) is 3.16. The first kappa shape index (κ1) is 21.5. The van der Waals surface area contributed by atoms with Gasteiger partial charge in [-0.2, -0.15) is 4.31 Å². The Morgan fingerprint density at radius 2 is 1.67 bits per heavy atom. The smallest absolute Gasteiger partial charge is 0.255 e. The Morgan fingerprint density at radius 3 is 2.27 bits per heavy atom. The standard InChI is InChI=1S/C21H23ClN2O4S2/c1-28-18-6-2-16(3-7-18)20(25)24-14-15-29-21(24)10-12-23(13-11-21)30(26,27)19-8-4-17(22)5-9-19/h2-9H,10-15H2,1H3. The van der Waals surface area contributed by atoms with Crippen molar-refractivity contribution >= 4 is 39.3 Å². The number of benzene rings is 2. The van der Waals surface area contributed by atoms with Crippen molar-refractivity contribution in [3.05, 3.63) is 59.1 Å². The van der Waals surface area contributed by atoms with Gasteiger partial charge in [-0.15, -0.1) is 11.8 Å². The van der Waals surface area contributed by atoms with Gasteiger partial charge in [-0.3, -0.25) is 4.79 Å². The van der Waals surface area contributed by atoms with Crippen molar-refractivity contribution in [2.75, 3.05) is 32.5 Å². The Morgan fingerprint density at radius 1 is 1.03 bits per heavy atom. The maximum atomic E-state index is 13.2. The maximum absolute atomic E-state index is 13.2. The second-order valence-electron chi connectivity index (χ2n) is 7.34. The van der Waals surface area contributed by atoms with Crippen LogP contribution in [0, 0.1) is 0 Å². The Kier molecular flexibility index (Phi) is 6.03. The van der Waals surface area contributed by atoms with E-state index in [0.29, 0.717) is 48.8 Å². The summed E-state index contributed by atoms with van der Waals surface area (Å²) < 4.78 is 32.6. The van der Waals surface area contributed by atoms with E-state index in [2.05, 4.69) is 0 Å². The van der Waals surface area contributed by atoms with E-state index in [-0.39, 0.29) is 15.7 Å². The molecule has 2 aliphatic rings. The van der Waals surface area contributed by atoms with E-state index in [1.54, 1.807) is 55.3 Å². The summed E-state index contributed by atoms with van der Waals surface area (Å²) in [7, 11) is -1.98. The monoisotopic (exact) mass is 466 g/mol. The molecule has 0 radical (unpaired) electrons. The van der Waals surface area contributed by atoms with E-state index in [4.69, 9.17) is 16.3 Å². The molecule has 2 heterocycles. The van der Waals surface area contributed by atoms with E-state index < -0.39 is 10.0 Å². The number of carbonyl (C=O) groups is 1. The van der Waals surface area contributed by atoms with Gasteiger partial charge in [0.05, 0.1) is 16.9 Å². The number of ether oxygens (including phenoxy) is 1. The van der Waals surface area contributed by atoms with Crippen LogP contribution in [-0.4, -0.2) is 60.9 Å². The van der Waals surface area contributed by atoms with Gasteiger partial charge < -0.3 is 9.64 Å². The van der Waals surface area contributed by atoms with Gasteiger partial charge in [-0.1, -0.05) is 11.6 Å². The Hall–Kier alpha value is -1.74. The lowest BCUT2D eigenvalue weighted by atomic mass is 10.0. The van der Waals surface area contributed by atoms with Crippen LogP contribution in [0.4, 0.5) is 0 Å². The average molecular weight is 467 g/mol. The third-order valence-corrected chi connectivity index (χ3v) is 9.43. The van der Waals surface area contributed by atoms with Crippen LogP contribution in [0.3, 0.4) is 0 Å². The van der Waals surface area contributed by atoms with Crippen LogP contribution in [0.2, 0.25) is 5.02 Å². The van der Waals surface area contributed by atoms with Crippen molar-refractivity contribution in [1.29, 1.82) is 0 Å². The summed E-state index contributed by atoms with van der Waals surface area (Å²) in [6.07, 6.45) is 1.21. The minimum absolute atomic E-state index is 0.0170. The predicted molar refractivity (Wildman–Crippen MR) is 119 cm³/mol. The van der Waals surface area contributed by atoms with Gasteiger partial charge in [0, 0.05) is 36.0 Å². The van der Waals surface area contributed by atoms with Crippen LogP contribution in [0.1, 0.15) is 23.2 Å². The van der Waals surface area contributed by atoms with Crippen LogP contribution >= 0.6 is 23.4 Å². The highest BCUT2D eigenvalue weighted by Gasteiger charge is 2.48. The van der Waals surface area contributed by atoms with Gasteiger partial charge >= 0.3 is 0 Å². The van der Waals surface area contributed by atoms with E-state index in [9.17, 15) is 13.2 Å². The molecule has 2 aliphatic heterocycles. The Bertz CT molecular complexity index is 1020. The molecule has 0 aromatic heterocycles. The number of halogens is 1. The number of hydrogen-bond donors (Lipinski definition) is 0. The van der Waals surface area contributed by atoms with Crippen molar-refractivity contribution < 1.29 is 17.9 Å². The minimum Gasteiger partial charge on any atom is -0.497 e. The van der Waals surface area contributed by atoms with Gasteiger partial charge in [0.2, 0.25) is 10.0 Å². The Labute approximate surface area is 186 Å². The second-order valence-corrected chi connectivity index (χ2v) is 11.2. The SMILES string of the molecule is COc1ccc(C(=O)N2CCSC23CCN(S(=O)(=O)c2ccc(Cl)cc2)CC3)cc1. The van der Waals surface area contributed by atoms with E-state index in [1.165, 1.54) is 16.4 Å². The lowest BCUT2D eigenvalue weighted by Gasteiger charge is -2.43. The first-order valence-corrected chi connectivity index (χ1v) is 12.5. The number of rotatable bonds is 4. The number of sulfonamides is 1. The molecule has 30 heavy (non-hydrogen) atoms. The fourth-order valence-electron chi connectivity index (χ4n) is 4.03. The van der Waals surface area contributed by atoms with Gasteiger partial charge in [-0.25, -0.2) is 8.42 Å². The minimum atomic E-state index is -3.57. The lowest BCUT2D eigenvalue weighted by Crippen LogP contribution is -2.53. The number of nitrogens with zero attached hydrogens (tertiary/aromatic N) is 2. The molecule has 2 aromatic rings. The normalized spacial score (nSPS) is 19.2. The molecule has 1 spiro atoms. The topological polar surface area (TPSA) is 66.9 Å². The summed E-state index contributed by atoms with van der Waals surface area (Å²) in [4.78, 5) is 15.0. The summed E-state index contributed by atoms with van der Waals surface area (Å²) in [6, 6.07) is 13.4. The Balaban J connectivity index is 1.49. The zero-order valence-corrected chi connectivity index (χ0v) is 19.0. The number of thioether (sulfide) groups is 1. The molecule has 9 heteroatoms. The van der Waals surface area contributed by atoms with E-state index in [1.807, 2.05) is 4.90 Å². The number of carbonyl (C=O) groups excluding carboxylic acids is 1. The van der Waals surface area contributed by atoms with Crippen LogP contribution in [-0.2, 0) is 10.0 Å². The molecule has 0 bridgehead atoms. The van der Waals surface area contributed by atoms with Gasteiger partial charge in [0.25, 0.3) is 5.91 Å². The summed E-state index contributed by atoms with van der Waals surface area (Å²) in [5, 5.41) is 0.501. The van der Waals surface area contributed by atoms with Crippen LogP contribution < -0.4 is 4.74 Å². The molecule has 0 aliphatic carbocycles. The molecule has 4 rings (SSSR count). The first-order valence-electron chi connectivity index (χ1n) is 9.71. The van der Waals surface area contributed by atoms with Crippen molar-refractivity contribution in [3.63, 3.8) is 0 Å². The van der Waals surface area contributed by atoms with Crippen LogP contribution in [0.5, 0.6) is 5.75 Å². The van der Waals surface area contributed by atoms with E-state index in [0.717, 1.165) is 5.75 Å². The van der Waals surface area contributed by atoms with Crippen molar-refractivity contribution in [2.45, 2.75) is 22.6 Å². The zero-order valence-electron chi connectivity index (χ0n) is 16.6. The largest absolute Gasteiger partial charge is 0.497 e.